The molecule has 3 aliphatic rings. The summed E-state index contributed by atoms with van der Waals surface area (Å²) in [5.74, 6) is 2.52. The highest BCUT2D eigenvalue weighted by Crippen LogP contribution is 2.56. The average Bonchev–Trinajstić information content (AvgIpc) is 4.12. The Morgan fingerprint density at radius 1 is 0.469 bits per heavy atom. The van der Waals surface area contributed by atoms with Crippen molar-refractivity contribution >= 4 is 49.6 Å². The van der Waals surface area contributed by atoms with E-state index in [1.807, 2.05) is 0 Å². The number of anilines is 3. The molecule has 0 aliphatic heterocycles. The van der Waals surface area contributed by atoms with Gasteiger partial charge in [0.1, 0.15) is 0 Å². The molecule has 0 radical (unpaired) electrons. The summed E-state index contributed by atoms with van der Waals surface area (Å²) < 4.78 is 2.43. The van der Waals surface area contributed by atoms with Gasteiger partial charge in [-0.2, -0.15) is 0 Å². The molecule has 0 N–H and O–H groups in total. The smallest absolute Gasteiger partial charge is 0.0561 e. The van der Waals surface area contributed by atoms with Crippen molar-refractivity contribution in [3.05, 3.63) is 217 Å². The quantitative estimate of drug-likeness (QED) is 0.155. The molecule has 10 aromatic rings. The van der Waals surface area contributed by atoms with Gasteiger partial charge in [-0.1, -0.05) is 166 Å². The standard InChI is InChI=1S/C62H50N2/c1-62(2)57-37-45(56-36-40-23-24-44(56)35-40)27-32-52(57)53-33-30-48(38-58(53)62)63(49-31-34-55-54-19-9-10-22-59(54)64(60(55)39-49)46-17-7-4-8-18-46)47-28-25-42(26-29-47)51-21-12-16-43-15-11-20-50(61(43)51)41-13-5-3-6-14-41/h3-22,25-34,37-40,44,56H,23-24,35-36H2,1-2H3. The fraction of sp³-hybridized carbons (Fsp3) is 0.161. The molecule has 308 valence electrons. The molecule has 1 aromatic heterocycles. The normalized spacial score (nSPS) is 18.2. The maximum atomic E-state index is 2.60. The number of nitrogens with zero attached hydrogens (tertiary/aromatic N) is 2. The summed E-state index contributed by atoms with van der Waals surface area (Å²) in [5.41, 5.74) is 19.0. The summed E-state index contributed by atoms with van der Waals surface area (Å²) in [7, 11) is 0. The van der Waals surface area contributed by atoms with Crippen molar-refractivity contribution in [2.24, 2.45) is 11.8 Å². The van der Waals surface area contributed by atoms with E-state index >= 15 is 0 Å². The number of hydrogen-bond donors (Lipinski definition) is 0. The van der Waals surface area contributed by atoms with Crippen LogP contribution in [-0.4, -0.2) is 4.57 Å². The maximum Gasteiger partial charge on any atom is 0.0561 e. The maximum absolute atomic E-state index is 2.60. The van der Waals surface area contributed by atoms with Crippen molar-refractivity contribution in [2.45, 2.75) is 50.9 Å². The first-order valence-electron chi connectivity index (χ1n) is 23.3. The predicted molar refractivity (Wildman–Crippen MR) is 270 cm³/mol. The minimum atomic E-state index is -0.127. The average molecular weight is 823 g/mol. The first-order chi connectivity index (χ1) is 31.5. The summed E-state index contributed by atoms with van der Waals surface area (Å²) in [6.07, 6.45) is 5.65. The highest BCUT2D eigenvalue weighted by Gasteiger charge is 2.42. The van der Waals surface area contributed by atoms with Crippen LogP contribution in [-0.2, 0) is 5.41 Å². The zero-order valence-electron chi connectivity index (χ0n) is 36.5. The zero-order chi connectivity index (χ0) is 42.5. The lowest BCUT2D eigenvalue weighted by Gasteiger charge is -2.29. The van der Waals surface area contributed by atoms with Crippen LogP contribution in [0.1, 0.15) is 62.1 Å². The van der Waals surface area contributed by atoms with Crippen molar-refractivity contribution in [1.29, 1.82) is 0 Å². The van der Waals surface area contributed by atoms with Crippen molar-refractivity contribution in [1.82, 2.24) is 4.57 Å². The molecule has 3 atom stereocenters. The second-order valence-electron chi connectivity index (χ2n) is 19.3. The molecule has 2 fully saturated rings. The van der Waals surface area contributed by atoms with Gasteiger partial charge in [-0.3, -0.25) is 0 Å². The van der Waals surface area contributed by atoms with Gasteiger partial charge < -0.3 is 9.47 Å². The fourth-order valence-electron chi connectivity index (χ4n) is 12.4. The van der Waals surface area contributed by atoms with E-state index < -0.39 is 0 Å². The van der Waals surface area contributed by atoms with Gasteiger partial charge in [-0.25, -0.2) is 0 Å². The van der Waals surface area contributed by atoms with Gasteiger partial charge in [0.2, 0.25) is 0 Å². The fourth-order valence-corrected chi connectivity index (χ4v) is 12.4. The lowest BCUT2D eigenvalue weighted by Crippen LogP contribution is -2.17. The van der Waals surface area contributed by atoms with Crippen LogP contribution in [0.25, 0.3) is 71.6 Å². The number of rotatable bonds is 7. The predicted octanol–water partition coefficient (Wildman–Crippen LogP) is 17.0. The van der Waals surface area contributed by atoms with Crippen molar-refractivity contribution in [3.8, 4) is 39.1 Å². The molecule has 0 spiro atoms. The molecule has 9 aromatic carbocycles. The molecule has 3 aliphatic carbocycles. The minimum absolute atomic E-state index is 0.127. The second-order valence-corrected chi connectivity index (χ2v) is 19.3. The number of fused-ring (bicyclic) bond motifs is 9. The summed E-state index contributed by atoms with van der Waals surface area (Å²) in [4.78, 5) is 2.48. The van der Waals surface area contributed by atoms with Crippen LogP contribution in [0.5, 0.6) is 0 Å². The molecule has 2 bridgehead atoms. The number of benzene rings is 9. The Kier molecular flexibility index (Phi) is 8.44. The van der Waals surface area contributed by atoms with Crippen LogP contribution in [0.2, 0.25) is 0 Å². The topological polar surface area (TPSA) is 8.17 Å². The first-order valence-corrected chi connectivity index (χ1v) is 23.3. The van der Waals surface area contributed by atoms with E-state index in [9.17, 15) is 0 Å². The van der Waals surface area contributed by atoms with Gasteiger partial charge in [0.25, 0.3) is 0 Å². The molecule has 1 heterocycles. The van der Waals surface area contributed by atoms with Gasteiger partial charge in [0.15, 0.2) is 0 Å². The molecule has 3 unspecified atom stereocenters. The van der Waals surface area contributed by atoms with Gasteiger partial charge in [0, 0.05) is 38.9 Å². The molecule has 0 saturated heterocycles. The Hall–Kier alpha value is -7.16. The lowest BCUT2D eigenvalue weighted by molar-refractivity contribution is 0.419. The zero-order valence-corrected chi connectivity index (χ0v) is 36.5. The Morgan fingerprint density at radius 3 is 1.83 bits per heavy atom. The summed E-state index contributed by atoms with van der Waals surface area (Å²) in [6.45, 7) is 4.90. The SMILES string of the molecule is CC1(C)c2cc(C3CC4CCC3C4)ccc2-c2ccc(N(c3ccc(-c4cccc5cccc(-c6ccccc6)c45)cc3)c3ccc4c5ccccc5n(-c5ccccc5)c4c3)cc21. The Morgan fingerprint density at radius 2 is 1.09 bits per heavy atom. The monoisotopic (exact) mass is 822 g/mol. The van der Waals surface area contributed by atoms with Crippen molar-refractivity contribution in [2.75, 3.05) is 4.90 Å². The van der Waals surface area contributed by atoms with E-state index in [-0.39, 0.29) is 5.41 Å². The second kappa shape index (κ2) is 14.4. The summed E-state index contributed by atoms with van der Waals surface area (Å²) in [5, 5.41) is 5.04. The van der Waals surface area contributed by atoms with Gasteiger partial charge in [-0.15, -0.1) is 0 Å². The third-order valence-electron chi connectivity index (χ3n) is 15.5. The van der Waals surface area contributed by atoms with Gasteiger partial charge >= 0.3 is 0 Å². The Bertz CT molecular complexity index is 3420. The van der Waals surface area contributed by atoms with E-state index in [1.54, 1.807) is 5.56 Å². The van der Waals surface area contributed by atoms with E-state index in [0.29, 0.717) is 0 Å². The summed E-state index contributed by atoms with van der Waals surface area (Å²) >= 11 is 0. The van der Waals surface area contributed by atoms with E-state index in [0.717, 1.165) is 34.8 Å². The third kappa shape index (κ3) is 5.78. The summed E-state index contributed by atoms with van der Waals surface area (Å²) in [6, 6.07) is 74.9. The lowest BCUT2D eigenvalue weighted by atomic mass is 9.78. The number of para-hydroxylation sites is 2. The molecular formula is C62H50N2. The molecule has 13 rings (SSSR count). The minimum Gasteiger partial charge on any atom is -0.310 e. The van der Waals surface area contributed by atoms with Crippen molar-refractivity contribution in [3.63, 3.8) is 0 Å². The Labute approximate surface area is 376 Å². The van der Waals surface area contributed by atoms with Crippen LogP contribution in [0.3, 0.4) is 0 Å². The van der Waals surface area contributed by atoms with E-state index in [1.165, 1.54) is 108 Å². The highest BCUT2D eigenvalue weighted by atomic mass is 15.1. The molecule has 2 saturated carbocycles. The number of hydrogen-bond acceptors (Lipinski definition) is 1. The van der Waals surface area contributed by atoms with Crippen LogP contribution < -0.4 is 4.90 Å². The molecule has 2 heteroatoms. The molecule has 0 amide bonds. The van der Waals surface area contributed by atoms with Crippen molar-refractivity contribution < 1.29 is 0 Å². The third-order valence-corrected chi connectivity index (χ3v) is 15.5. The van der Waals surface area contributed by atoms with E-state index in [2.05, 4.69) is 224 Å². The first kappa shape index (κ1) is 37.4. The van der Waals surface area contributed by atoms with Crippen LogP contribution in [0.15, 0.2) is 200 Å². The van der Waals surface area contributed by atoms with Gasteiger partial charge in [-0.05, 0) is 152 Å². The van der Waals surface area contributed by atoms with Crippen LogP contribution >= 0.6 is 0 Å². The van der Waals surface area contributed by atoms with Gasteiger partial charge in [0.05, 0.1) is 11.0 Å². The van der Waals surface area contributed by atoms with Crippen LogP contribution in [0, 0.1) is 11.8 Å². The largest absolute Gasteiger partial charge is 0.310 e. The number of aromatic nitrogens is 1. The van der Waals surface area contributed by atoms with Crippen LogP contribution in [0.4, 0.5) is 17.1 Å². The van der Waals surface area contributed by atoms with E-state index in [4.69, 9.17) is 0 Å². The molecule has 64 heavy (non-hydrogen) atoms. The molecule has 2 nitrogen and oxygen atoms in total. The Balaban J connectivity index is 0.969. The highest BCUT2D eigenvalue weighted by molar-refractivity contribution is 6.11. The molecular weight excluding hydrogens is 773 g/mol.